The number of methoxy groups -OCH3 is 1. The van der Waals surface area contributed by atoms with Gasteiger partial charge in [0.1, 0.15) is 23.9 Å². The summed E-state index contributed by atoms with van der Waals surface area (Å²) in [4.78, 5) is 18.1. The number of esters is 1. The van der Waals surface area contributed by atoms with Gasteiger partial charge in [0.25, 0.3) is 0 Å². The average Bonchev–Trinajstić information content (AvgIpc) is 3.09. The fraction of sp³-hybridized carbons (Fsp3) is 0.929. The maximum absolute atomic E-state index is 14.2. The normalized spacial score (nSPS) is 47.1. The molecule has 14 nitrogen and oxygen atoms in total. The third-order valence-electron chi connectivity index (χ3n) is 12.7. The molecular formula is C42H80N2O12Y-2. The topological polar surface area (TPSA) is 180 Å². The minimum atomic E-state index is -1.81. The Hall–Kier alpha value is 0.0939. The summed E-state index contributed by atoms with van der Waals surface area (Å²) in [6.45, 7) is 27.3. The molecule has 0 bridgehead atoms. The summed E-state index contributed by atoms with van der Waals surface area (Å²) < 4.78 is 37.6. The molecule has 3 fully saturated rings. The summed E-state index contributed by atoms with van der Waals surface area (Å²) in [5, 5.41) is 58.6. The molecule has 0 aromatic rings. The Bertz CT molecular complexity index is 1210. The number of carbonyl (C=O) groups is 1. The molecular weight excluding hydrogens is 813 g/mol. The number of carbonyl (C=O) groups excluding carboxylic acids is 1. The number of hydrogen-bond acceptors (Lipinski definition) is 14. The Balaban J connectivity index is 0.00000393. The van der Waals surface area contributed by atoms with Gasteiger partial charge in [-0.2, -0.15) is 6.42 Å². The van der Waals surface area contributed by atoms with E-state index >= 15 is 0 Å². The summed E-state index contributed by atoms with van der Waals surface area (Å²) >= 11 is 0. The van der Waals surface area contributed by atoms with Crippen molar-refractivity contribution in [3.63, 3.8) is 0 Å². The molecule has 5 N–H and O–H groups in total. The Morgan fingerprint density at radius 1 is 0.965 bits per heavy atom. The monoisotopic (exact) mass is 893 g/mol. The van der Waals surface area contributed by atoms with Crippen molar-refractivity contribution in [2.75, 3.05) is 34.8 Å². The first-order valence-corrected chi connectivity index (χ1v) is 20.6. The molecule has 0 saturated carbocycles. The molecule has 335 valence electrons. The van der Waals surface area contributed by atoms with Crippen LogP contribution in [0.5, 0.6) is 0 Å². The Morgan fingerprint density at radius 2 is 1.53 bits per heavy atom. The van der Waals surface area contributed by atoms with Gasteiger partial charge in [0.05, 0.1) is 41.5 Å². The maximum Gasteiger partial charge on any atom is 0.311 e. The molecule has 0 aliphatic carbocycles. The van der Waals surface area contributed by atoms with Crippen LogP contribution < -0.4 is 0 Å². The van der Waals surface area contributed by atoms with E-state index in [0.717, 1.165) is 6.42 Å². The predicted molar refractivity (Wildman–Crippen MR) is 214 cm³/mol. The first-order chi connectivity index (χ1) is 25.7. The van der Waals surface area contributed by atoms with Crippen molar-refractivity contribution in [2.45, 2.75) is 198 Å². The van der Waals surface area contributed by atoms with Crippen LogP contribution in [0.3, 0.4) is 0 Å². The van der Waals surface area contributed by atoms with Gasteiger partial charge in [-0.25, -0.2) is 0 Å². The molecule has 0 amide bonds. The van der Waals surface area contributed by atoms with Crippen LogP contribution in [-0.4, -0.2) is 166 Å². The molecule has 3 aliphatic rings. The van der Waals surface area contributed by atoms with Gasteiger partial charge < -0.3 is 77.6 Å². The van der Waals surface area contributed by atoms with Crippen LogP contribution in [0.15, 0.2) is 0 Å². The second kappa shape index (κ2) is 22.4. The number of hydrogen-bond donors (Lipinski definition) is 5. The van der Waals surface area contributed by atoms with Crippen molar-refractivity contribution in [1.29, 1.82) is 0 Å². The van der Waals surface area contributed by atoms with E-state index in [1.165, 1.54) is 14.0 Å². The minimum absolute atomic E-state index is 0. The second-order valence-electron chi connectivity index (χ2n) is 18.0. The van der Waals surface area contributed by atoms with E-state index in [-0.39, 0.29) is 70.0 Å². The van der Waals surface area contributed by atoms with Gasteiger partial charge in [-0.05, 0) is 100 Å². The van der Waals surface area contributed by atoms with Crippen LogP contribution in [0.4, 0.5) is 0 Å². The van der Waals surface area contributed by atoms with Gasteiger partial charge in [0, 0.05) is 70.8 Å². The second-order valence-corrected chi connectivity index (χ2v) is 18.0. The molecule has 0 aromatic carbocycles. The van der Waals surface area contributed by atoms with E-state index in [1.807, 2.05) is 58.6 Å². The van der Waals surface area contributed by atoms with Gasteiger partial charge in [0.2, 0.25) is 0 Å². The Labute approximate surface area is 369 Å². The zero-order valence-electron chi connectivity index (χ0n) is 37.8. The molecule has 18 atom stereocenters. The molecule has 3 rings (SSSR count). The van der Waals surface area contributed by atoms with E-state index in [4.69, 9.17) is 28.4 Å². The molecule has 0 spiro atoms. The van der Waals surface area contributed by atoms with Crippen molar-refractivity contribution in [3.8, 4) is 0 Å². The third kappa shape index (κ3) is 13.1. The van der Waals surface area contributed by atoms with Crippen molar-refractivity contribution in [3.05, 3.63) is 13.8 Å². The molecule has 0 unspecified atom stereocenters. The predicted octanol–water partition coefficient (Wildman–Crippen LogP) is 3.33. The smallest absolute Gasteiger partial charge is 0.311 e. The Kier molecular flexibility index (Phi) is 21.7. The van der Waals surface area contributed by atoms with Gasteiger partial charge in [-0.3, -0.25) is 4.79 Å². The van der Waals surface area contributed by atoms with E-state index in [0.29, 0.717) is 13.0 Å². The minimum Gasteiger partial charge on any atom is -0.459 e. The van der Waals surface area contributed by atoms with Crippen molar-refractivity contribution < 1.29 is 91.5 Å². The van der Waals surface area contributed by atoms with Gasteiger partial charge in [-0.1, -0.05) is 27.7 Å². The zero-order valence-corrected chi connectivity index (χ0v) is 40.6. The number of rotatable bonds is 7. The molecule has 1 radical (unpaired) electrons. The van der Waals surface area contributed by atoms with E-state index in [9.17, 15) is 30.3 Å². The number of aliphatic hydroxyl groups is 5. The van der Waals surface area contributed by atoms with Crippen LogP contribution in [-0.2, 0) is 65.9 Å². The largest absolute Gasteiger partial charge is 0.459 e. The number of aliphatic hydroxyl groups excluding tert-OH is 2. The van der Waals surface area contributed by atoms with Gasteiger partial charge in [0.15, 0.2) is 12.6 Å². The molecule has 3 saturated heterocycles. The first-order valence-electron chi connectivity index (χ1n) is 20.6. The Morgan fingerprint density at radius 3 is 2.04 bits per heavy atom. The fourth-order valence-corrected chi connectivity index (χ4v) is 8.80. The summed E-state index contributed by atoms with van der Waals surface area (Å²) in [7, 11) is 7.07. The summed E-state index contributed by atoms with van der Waals surface area (Å²) in [5.74, 6) is -2.66. The van der Waals surface area contributed by atoms with Gasteiger partial charge >= 0.3 is 5.97 Å². The zero-order chi connectivity index (χ0) is 43.3. The fourth-order valence-electron chi connectivity index (χ4n) is 8.80. The van der Waals surface area contributed by atoms with Crippen LogP contribution in [0.1, 0.15) is 108 Å². The first kappa shape index (κ1) is 55.1. The van der Waals surface area contributed by atoms with E-state index < -0.39 is 95.5 Å². The van der Waals surface area contributed by atoms with Crippen molar-refractivity contribution in [1.82, 2.24) is 9.80 Å². The van der Waals surface area contributed by atoms with E-state index in [2.05, 4.69) is 13.8 Å². The van der Waals surface area contributed by atoms with Crippen LogP contribution in [0.25, 0.3) is 0 Å². The SMILES string of the molecule is [CH2-]CC.[CH2-][C@@]1(O)[C@H](C)O[C@@H](O[C@H]2[C@H](C)[C@@H](O[C@@H]3O[C@H](C)C[C@H](N(C)C)[C@H]3O)[C@@](C)(O)C[C@@H](C)CN(C)[C@H](C)[C@@H](O)[C@](C)(O)[C@@H](CC)OC(=O)[C@@H]2C)C[C@@]1(C)OC.[Y]. The van der Waals surface area contributed by atoms with Crippen molar-refractivity contribution in [2.24, 2.45) is 17.8 Å². The summed E-state index contributed by atoms with van der Waals surface area (Å²) in [6, 6.07) is -0.825. The van der Waals surface area contributed by atoms with E-state index in [1.54, 1.807) is 41.5 Å². The summed E-state index contributed by atoms with van der Waals surface area (Å²) in [6.07, 6.45) is -6.69. The van der Waals surface area contributed by atoms with Crippen LogP contribution in [0, 0.1) is 31.6 Å². The van der Waals surface area contributed by atoms with Crippen LogP contribution >= 0.6 is 0 Å². The molecule has 3 aliphatic heterocycles. The van der Waals surface area contributed by atoms with Crippen molar-refractivity contribution >= 4 is 5.97 Å². The maximum atomic E-state index is 14.2. The molecule has 3 heterocycles. The van der Waals surface area contributed by atoms with Gasteiger partial charge in [-0.15, -0.1) is 0 Å². The number of cyclic esters (lactones) is 1. The summed E-state index contributed by atoms with van der Waals surface area (Å²) in [5.41, 5.74) is -6.20. The molecule has 57 heavy (non-hydrogen) atoms. The molecule has 15 heteroatoms. The third-order valence-corrected chi connectivity index (χ3v) is 12.7. The number of likely N-dealkylation sites (N-methyl/N-ethyl adjacent to an activating group) is 2. The average molecular weight is 894 g/mol. The van der Waals surface area contributed by atoms with Crippen LogP contribution in [0.2, 0.25) is 0 Å². The quantitative estimate of drug-likeness (QED) is 0.186. The number of ether oxygens (including phenoxy) is 6. The molecule has 0 aromatic heterocycles. The number of nitrogens with zero attached hydrogens (tertiary/aromatic N) is 2. The standard InChI is InChI=1S/C39H73N2O12.C3H7.Y/c1-16-28-38(10,46)32(43)25(6)41(14)20-21(2)18-36(8,45)33(53-35-30(42)27(40(12)13)17-22(3)49-35)23(4)31(24(5)34(44)51-28)52-29-19-37(9,48-15)39(11,47)26(7)50-29;1-3-2;/h21-33,35,42-43,45-47H,11,16-20H2,1-10,12-15H3;1,3H2,2H3;/q2*-1;/t21-,22-,23+,24-,25-,26+,27+,28-,29+,30-,31+,32-,33-,35+,36+,37-,38-,39-;;/m1../s1.